The van der Waals surface area contributed by atoms with Crippen molar-refractivity contribution in [1.29, 1.82) is 0 Å². The monoisotopic (exact) mass is 468 g/mol. The van der Waals surface area contributed by atoms with Crippen LogP contribution in [0.5, 0.6) is 0 Å². The van der Waals surface area contributed by atoms with Crippen molar-refractivity contribution < 1.29 is 14.9 Å². The second-order valence-electron chi connectivity index (χ2n) is 8.51. The van der Waals surface area contributed by atoms with Gasteiger partial charge in [-0.2, -0.15) is 15.0 Å². The van der Waals surface area contributed by atoms with E-state index in [9.17, 15) is 0 Å². The van der Waals surface area contributed by atoms with Crippen molar-refractivity contribution in [3.05, 3.63) is 0 Å². The first-order valence-corrected chi connectivity index (χ1v) is 13.1. The van der Waals surface area contributed by atoms with Gasteiger partial charge in [-0.1, -0.05) is 103 Å². The Morgan fingerprint density at radius 3 is 1.30 bits per heavy atom. The summed E-state index contributed by atoms with van der Waals surface area (Å²) in [5.41, 5.74) is 0. The fourth-order valence-electron chi connectivity index (χ4n) is 3.69. The van der Waals surface area contributed by atoms with Crippen molar-refractivity contribution in [2.45, 2.75) is 110 Å². The van der Waals surface area contributed by atoms with Gasteiger partial charge < -0.3 is 30.9 Å². The van der Waals surface area contributed by atoms with E-state index < -0.39 is 0 Å². The molecule has 1 rings (SSSR count). The molecule has 0 atom stereocenters. The van der Waals surface area contributed by atoms with Crippen molar-refractivity contribution in [1.82, 2.24) is 15.0 Å². The SMILES string of the molecule is CCCCCCCCCCCCCCCCCCOCNc1nc(NCO)nc(NCO)n1. The molecule has 1 heterocycles. The standard InChI is InChI=1S/C24H48N6O3/c1-2-3-4-5-6-7-8-9-10-11-12-13-14-15-16-17-18-33-21-27-24-29-22(25-19-31)28-23(30-24)26-20-32/h31-32H,2-21H2,1H3,(H3,25,26,27,28,29,30). The molecular formula is C24H48N6O3. The average molecular weight is 469 g/mol. The van der Waals surface area contributed by atoms with Gasteiger partial charge in [-0.3, -0.25) is 0 Å². The van der Waals surface area contributed by atoms with E-state index in [2.05, 4.69) is 37.8 Å². The Balaban J connectivity index is 1.89. The molecule has 0 bridgehead atoms. The minimum Gasteiger partial charge on any atom is -0.376 e. The Labute approximate surface area is 200 Å². The van der Waals surface area contributed by atoms with E-state index in [1.54, 1.807) is 0 Å². The van der Waals surface area contributed by atoms with Crippen LogP contribution in [0, 0.1) is 0 Å². The van der Waals surface area contributed by atoms with Crippen molar-refractivity contribution in [2.24, 2.45) is 0 Å². The number of unbranched alkanes of at least 4 members (excludes halogenated alkanes) is 15. The number of ether oxygens (including phenoxy) is 1. The summed E-state index contributed by atoms with van der Waals surface area (Å²) in [4.78, 5) is 12.2. The molecule has 0 aliphatic rings. The van der Waals surface area contributed by atoms with E-state index >= 15 is 0 Å². The molecule has 9 nitrogen and oxygen atoms in total. The maximum absolute atomic E-state index is 8.95. The molecule has 0 spiro atoms. The molecule has 5 N–H and O–H groups in total. The minimum atomic E-state index is -0.294. The largest absolute Gasteiger partial charge is 0.376 e. The zero-order chi connectivity index (χ0) is 23.8. The van der Waals surface area contributed by atoms with Gasteiger partial charge in [0.1, 0.15) is 20.2 Å². The third kappa shape index (κ3) is 17.4. The van der Waals surface area contributed by atoms with E-state index in [1.165, 1.54) is 96.3 Å². The third-order valence-electron chi connectivity index (χ3n) is 5.58. The normalized spacial score (nSPS) is 11.0. The molecule has 1 aromatic heterocycles. The zero-order valence-corrected chi connectivity index (χ0v) is 20.8. The van der Waals surface area contributed by atoms with E-state index in [4.69, 9.17) is 14.9 Å². The Hall–Kier alpha value is -1.71. The first-order chi connectivity index (χ1) is 16.3. The average Bonchev–Trinajstić information content (AvgIpc) is 2.81. The number of hydrogen-bond acceptors (Lipinski definition) is 9. The maximum Gasteiger partial charge on any atom is 0.231 e. The fourth-order valence-corrected chi connectivity index (χ4v) is 3.69. The minimum absolute atomic E-state index is 0.212. The second kappa shape index (κ2) is 22.1. The lowest BCUT2D eigenvalue weighted by atomic mass is 10.0. The number of aliphatic hydroxyl groups excluding tert-OH is 2. The van der Waals surface area contributed by atoms with E-state index in [0.29, 0.717) is 19.3 Å². The summed E-state index contributed by atoms with van der Waals surface area (Å²) in [6.07, 6.45) is 21.7. The molecule has 0 fully saturated rings. The molecule has 0 radical (unpaired) electrons. The quantitative estimate of drug-likeness (QED) is 0.102. The van der Waals surface area contributed by atoms with E-state index in [-0.39, 0.29) is 25.4 Å². The predicted molar refractivity (Wildman–Crippen MR) is 135 cm³/mol. The van der Waals surface area contributed by atoms with Crippen LogP contribution in [0.25, 0.3) is 0 Å². The van der Waals surface area contributed by atoms with Gasteiger partial charge in [-0.25, -0.2) is 0 Å². The summed E-state index contributed by atoms with van der Waals surface area (Å²) in [5.74, 6) is 0.733. The van der Waals surface area contributed by atoms with Crippen LogP contribution < -0.4 is 16.0 Å². The Kier molecular flexibility index (Phi) is 19.6. The van der Waals surface area contributed by atoms with Crippen molar-refractivity contribution >= 4 is 17.8 Å². The van der Waals surface area contributed by atoms with Crippen LogP contribution in [0.1, 0.15) is 110 Å². The topological polar surface area (TPSA) is 124 Å². The molecular weight excluding hydrogens is 420 g/mol. The second-order valence-corrected chi connectivity index (χ2v) is 8.51. The molecule has 192 valence electrons. The lowest BCUT2D eigenvalue weighted by molar-refractivity contribution is 0.147. The number of hydrogen-bond donors (Lipinski definition) is 5. The van der Waals surface area contributed by atoms with Gasteiger partial charge in [-0.05, 0) is 6.42 Å². The first kappa shape index (κ1) is 29.3. The Morgan fingerprint density at radius 2 is 0.909 bits per heavy atom. The summed E-state index contributed by atoms with van der Waals surface area (Å²) in [6.45, 7) is 2.68. The number of aliphatic hydroxyl groups is 2. The van der Waals surface area contributed by atoms with Gasteiger partial charge in [0.15, 0.2) is 0 Å². The number of rotatable bonds is 24. The Morgan fingerprint density at radius 1 is 0.545 bits per heavy atom. The van der Waals surface area contributed by atoms with E-state index in [0.717, 1.165) is 6.42 Å². The van der Waals surface area contributed by atoms with Crippen LogP contribution in [0.15, 0.2) is 0 Å². The molecule has 9 heteroatoms. The molecule has 33 heavy (non-hydrogen) atoms. The predicted octanol–water partition coefficient (Wildman–Crippen LogP) is 5.24. The van der Waals surface area contributed by atoms with Gasteiger partial charge in [0.2, 0.25) is 17.8 Å². The lowest BCUT2D eigenvalue weighted by Crippen LogP contribution is -2.15. The van der Waals surface area contributed by atoms with Crippen molar-refractivity contribution in [3.8, 4) is 0 Å². The number of aromatic nitrogens is 3. The van der Waals surface area contributed by atoms with Crippen LogP contribution in [0.2, 0.25) is 0 Å². The molecule has 0 saturated heterocycles. The molecule has 0 aromatic carbocycles. The summed E-state index contributed by atoms with van der Waals surface area (Å²) in [5, 5.41) is 26.1. The molecule has 1 aromatic rings. The zero-order valence-electron chi connectivity index (χ0n) is 20.8. The highest BCUT2D eigenvalue weighted by Crippen LogP contribution is 2.14. The highest BCUT2D eigenvalue weighted by Gasteiger charge is 2.05. The number of nitrogens with one attached hydrogen (secondary N) is 3. The van der Waals surface area contributed by atoms with Crippen LogP contribution in [-0.2, 0) is 4.74 Å². The van der Waals surface area contributed by atoms with Gasteiger partial charge in [0.25, 0.3) is 0 Å². The van der Waals surface area contributed by atoms with Crippen LogP contribution in [0.3, 0.4) is 0 Å². The molecule has 0 aliphatic carbocycles. The van der Waals surface area contributed by atoms with E-state index in [1.807, 2.05) is 0 Å². The van der Waals surface area contributed by atoms with Crippen molar-refractivity contribution in [2.75, 3.05) is 42.7 Å². The fraction of sp³-hybridized carbons (Fsp3) is 0.875. The van der Waals surface area contributed by atoms with Crippen LogP contribution >= 0.6 is 0 Å². The first-order valence-electron chi connectivity index (χ1n) is 13.1. The number of nitrogens with zero attached hydrogens (tertiary/aromatic N) is 3. The molecule has 0 amide bonds. The van der Waals surface area contributed by atoms with Crippen molar-refractivity contribution in [3.63, 3.8) is 0 Å². The maximum atomic E-state index is 8.95. The third-order valence-corrected chi connectivity index (χ3v) is 5.58. The molecule has 0 aliphatic heterocycles. The summed E-state index contributed by atoms with van der Waals surface area (Å²) >= 11 is 0. The number of anilines is 3. The highest BCUT2D eigenvalue weighted by molar-refractivity contribution is 5.41. The molecule has 0 unspecified atom stereocenters. The summed E-state index contributed by atoms with van der Waals surface area (Å²) in [6, 6.07) is 0. The van der Waals surface area contributed by atoms with Gasteiger partial charge in [-0.15, -0.1) is 0 Å². The smallest absolute Gasteiger partial charge is 0.231 e. The summed E-state index contributed by atoms with van der Waals surface area (Å²) < 4.78 is 5.61. The van der Waals surface area contributed by atoms with Gasteiger partial charge >= 0.3 is 0 Å². The van der Waals surface area contributed by atoms with Gasteiger partial charge in [0.05, 0.1) is 0 Å². The van der Waals surface area contributed by atoms with Crippen LogP contribution in [-0.4, -0.2) is 52.0 Å². The molecule has 0 saturated carbocycles. The highest BCUT2D eigenvalue weighted by atomic mass is 16.5. The van der Waals surface area contributed by atoms with Crippen LogP contribution in [0.4, 0.5) is 17.8 Å². The summed E-state index contributed by atoms with van der Waals surface area (Å²) in [7, 11) is 0. The van der Waals surface area contributed by atoms with Gasteiger partial charge in [0, 0.05) is 6.61 Å². The Bertz CT molecular complexity index is 541. The lowest BCUT2D eigenvalue weighted by Gasteiger charge is -2.10.